The van der Waals surface area contributed by atoms with Crippen LogP contribution in [-0.2, 0) is 27.8 Å². The van der Waals surface area contributed by atoms with Crippen molar-refractivity contribution in [3.05, 3.63) is 58.5 Å². The molecule has 41 heavy (non-hydrogen) atoms. The summed E-state index contributed by atoms with van der Waals surface area (Å²) in [4.78, 5) is 21.1. The summed E-state index contributed by atoms with van der Waals surface area (Å²) in [5, 5.41) is 12.6. The lowest BCUT2D eigenvalue weighted by atomic mass is 9.85. The highest BCUT2D eigenvalue weighted by Gasteiger charge is 2.46. The first-order valence-corrected chi connectivity index (χ1v) is 16.8. The van der Waals surface area contributed by atoms with Gasteiger partial charge in [0.25, 0.3) is 0 Å². The van der Waals surface area contributed by atoms with Gasteiger partial charge in [-0.25, -0.2) is 13.4 Å². The molecular weight excluding hydrogens is 560 g/mol. The lowest BCUT2D eigenvalue weighted by Gasteiger charge is -2.35. The molecule has 3 atom stereocenters. The number of nitrogens with two attached hydrogens (primary N) is 1. The smallest absolute Gasteiger partial charge is 0.307 e. The quantitative estimate of drug-likeness (QED) is 0.370. The topological polar surface area (TPSA) is 126 Å². The Hall–Kier alpha value is -3.15. The monoisotopic (exact) mass is 596 g/mol. The molecule has 3 N–H and O–H groups in total. The van der Waals surface area contributed by atoms with Gasteiger partial charge >= 0.3 is 5.97 Å². The van der Waals surface area contributed by atoms with Crippen molar-refractivity contribution in [2.75, 3.05) is 48.3 Å². The fourth-order valence-corrected chi connectivity index (χ4v) is 8.60. The number of thiazole rings is 1. The summed E-state index contributed by atoms with van der Waals surface area (Å²) in [5.41, 5.74) is 11.9. The van der Waals surface area contributed by atoms with Crippen LogP contribution in [0.4, 0.5) is 10.8 Å². The van der Waals surface area contributed by atoms with Crippen molar-refractivity contribution < 1.29 is 23.1 Å². The first kappa shape index (κ1) is 28.0. The van der Waals surface area contributed by atoms with Crippen LogP contribution in [0.3, 0.4) is 0 Å². The lowest BCUT2D eigenvalue weighted by Crippen LogP contribution is -2.44. The van der Waals surface area contributed by atoms with Gasteiger partial charge in [-0.1, -0.05) is 23.8 Å². The highest BCUT2D eigenvalue weighted by Crippen LogP contribution is 2.44. The predicted molar refractivity (Wildman–Crippen MR) is 161 cm³/mol. The third kappa shape index (κ3) is 6.07. The number of aromatic nitrogens is 1. The second kappa shape index (κ2) is 11.3. The maximum absolute atomic E-state index is 11.7. The Bertz CT molecular complexity index is 1530. The number of piperidine rings is 1. The molecule has 0 radical (unpaired) electrons. The molecule has 0 amide bonds. The fourth-order valence-electron chi connectivity index (χ4n) is 6.48. The Kier molecular flexibility index (Phi) is 7.69. The number of sulfone groups is 1. The number of carboxylic acid groups (broad SMARTS) is 1. The number of nitrogen functional groups attached to an aromatic ring is 1. The number of aryl methyl sites for hydroxylation is 1. The molecule has 2 saturated heterocycles. The summed E-state index contributed by atoms with van der Waals surface area (Å²) in [5.74, 6) is 0.625. The number of ether oxygens (including phenoxy) is 1. The number of hydrogen-bond acceptors (Lipinski definition) is 9. The van der Waals surface area contributed by atoms with Crippen LogP contribution in [0.25, 0.3) is 11.3 Å². The normalized spacial score (nSPS) is 23.9. The Labute approximate surface area is 244 Å². The average Bonchev–Trinajstić information content (AvgIpc) is 3.53. The van der Waals surface area contributed by atoms with Gasteiger partial charge < -0.3 is 20.5 Å². The van der Waals surface area contributed by atoms with E-state index in [1.165, 1.54) is 0 Å². The van der Waals surface area contributed by atoms with E-state index >= 15 is 0 Å². The van der Waals surface area contributed by atoms with Crippen LogP contribution in [-0.4, -0.2) is 67.1 Å². The molecule has 3 aromatic rings. The molecule has 1 saturated carbocycles. The van der Waals surface area contributed by atoms with E-state index in [-0.39, 0.29) is 29.3 Å². The molecule has 1 aliphatic carbocycles. The highest BCUT2D eigenvalue weighted by atomic mass is 32.2. The molecule has 2 aromatic carbocycles. The molecule has 2 bridgehead atoms. The molecule has 3 aliphatic rings. The van der Waals surface area contributed by atoms with E-state index in [9.17, 15) is 18.3 Å². The van der Waals surface area contributed by atoms with E-state index in [2.05, 4.69) is 21.2 Å². The van der Waals surface area contributed by atoms with Crippen molar-refractivity contribution >= 4 is 38.0 Å². The third-order valence-corrected chi connectivity index (χ3v) is 11.2. The van der Waals surface area contributed by atoms with Crippen LogP contribution in [0.15, 0.2) is 41.8 Å². The van der Waals surface area contributed by atoms with Gasteiger partial charge in [0, 0.05) is 54.9 Å². The zero-order valence-corrected chi connectivity index (χ0v) is 24.8. The van der Waals surface area contributed by atoms with Crippen LogP contribution in [0.2, 0.25) is 0 Å². The van der Waals surface area contributed by atoms with E-state index in [1.807, 2.05) is 37.3 Å². The van der Waals surface area contributed by atoms with Crippen molar-refractivity contribution in [1.29, 1.82) is 0 Å². The molecule has 2 aliphatic heterocycles. The van der Waals surface area contributed by atoms with Gasteiger partial charge in [0.05, 0.1) is 23.1 Å². The highest BCUT2D eigenvalue weighted by molar-refractivity contribution is 7.91. The number of rotatable bonds is 8. The minimum atomic E-state index is -2.90. The number of aliphatic carboxylic acids is 1. The Morgan fingerprint density at radius 3 is 2.54 bits per heavy atom. The largest absolute Gasteiger partial charge is 0.488 e. The Balaban J connectivity index is 1.13. The molecule has 6 rings (SSSR count). The third-order valence-electron chi connectivity index (χ3n) is 8.73. The van der Waals surface area contributed by atoms with Crippen molar-refractivity contribution in [2.24, 2.45) is 17.8 Å². The maximum atomic E-state index is 11.7. The second-order valence-electron chi connectivity index (χ2n) is 11.6. The summed E-state index contributed by atoms with van der Waals surface area (Å²) in [6.07, 6.45) is 1.94. The fraction of sp³-hybridized carbons (Fsp3) is 0.467. The number of benzene rings is 2. The molecular formula is C30H36N4O5S2. The van der Waals surface area contributed by atoms with Gasteiger partial charge in [0.2, 0.25) is 0 Å². The lowest BCUT2D eigenvalue weighted by molar-refractivity contribution is -0.144. The molecule has 1 unspecified atom stereocenters. The molecule has 11 heteroatoms. The van der Waals surface area contributed by atoms with Crippen LogP contribution >= 0.6 is 11.3 Å². The number of hydrogen-bond donors (Lipinski definition) is 2. The number of fused-ring (bicyclic) bond motifs is 2. The number of anilines is 2. The van der Waals surface area contributed by atoms with Crippen molar-refractivity contribution in [3.8, 4) is 17.0 Å². The SMILES string of the molecule is Cc1ccc(OCc2ccc(CN3CCS(=O)(=O)CC3)cc2N)c(-c2csc(N3C[C@H]4CC[C@@H](C3)C4C(=O)O)n2)c1. The van der Waals surface area contributed by atoms with E-state index in [0.717, 1.165) is 64.8 Å². The Morgan fingerprint density at radius 1 is 1.12 bits per heavy atom. The maximum Gasteiger partial charge on any atom is 0.307 e. The van der Waals surface area contributed by atoms with Crippen LogP contribution in [0.1, 0.15) is 29.5 Å². The van der Waals surface area contributed by atoms with Crippen molar-refractivity contribution in [2.45, 2.75) is 32.9 Å². The minimum absolute atomic E-state index is 0.185. The van der Waals surface area contributed by atoms with E-state index in [0.29, 0.717) is 31.9 Å². The molecule has 3 heterocycles. The number of nitrogens with zero attached hydrogens (tertiary/aromatic N) is 3. The summed E-state index contributed by atoms with van der Waals surface area (Å²) in [7, 11) is -2.90. The van der Waals surface area contributed by atoms with Crippen molar-refractivity contribution in [1.82, 2.24) is 9.88 Å². The number of carbonyl (C=O) groups is 1. The van der Waals surface area contributed by atoms with Crippen LogP contribution in [0, 0.1) is 24.7 Å². The Morgan fingerprint density at radius 2 is 1.85 bits per heavy atom. The molecule has 3 fully saturated rings. The average molecular weight is 597 g/mol. The van der Waals surface area contributed by atoms with Gasteiger partial charge in [-0.15, -0.1) is 11.3 Å². The molecule has 218 valence electrons. The van der Waals surface area contributed by atoms with Gasteiger partial charge in [0.1, 0.15) is 12.4 Å². The standard InChI is InChI=1S/C30H36N4O5S2/c1-19-2-7-27(39-17-23-4-3-20(13-25(23)31)14-33-8-10-41(37,38)11-9-33)24(12-19)26-18-40-30(32-26)34-15-21-5-6-22(16-34)28(21)29(35)36/h2-4,7,12-13,18,21-22,28H,5-6,8-11,14-17,31H2,1H3,(H,35,36)/t21-,22+,28?. The zero-order chi connectivity index (χ0) is 28.7. The molecule has 1 aromatic heterocycles. The van der Waals surface area contributed by atoms with E-state index in [1.54, 1.807) is 11.3 Å². The summed E-state index contributed by atoms with van der Waals surface area (Å²) in [6, 6.07) is 12.0. The van der Waals surface area contributed by atoms with E-state index in [4.69, 9.17) is 15.5 Å². The van der Waals surface area contributed by atoms with Gasteiger partial charge in [-0.2, -0.15) is 0 Å². The first-order chi connectivity index (χ1) is 19.6. The van der Waals surface area contributed by atoms with Gasteiger partial charge in [-0.3, -0.25) is 9.69 Å². The van der Waals surface area contributed by atoms with Gasteiger partial charge in [-0.05, 0) is 55.4 Å². The number of carboxylic acids is 1. The molecule has 0 spiro atoms. The summed E-state index contributed by atoms with van der Waals surface area (Å²) < 4.78 is 29.7. The van der Waals surface area contributed by atoms with E-state index < -0.39 is 15.8 Å². The van der Waals surface area contributed by atoms with Crippen LogP contribution in [0.5, 0.6) is 5.75 Å². The second-order valence-corrected chi connectivity index (χ2v) is 14.8. The summed E-state index contributed by atoms with van der Waals surface area (Å²) >= 11 is 1.59. The zero-order valence-electron chi connectivity index (χ0n) is 23.2. The van der Waals surface area contributed by atoms with Gasteiger partial charge in [0.15, 0.2) is 15.0 Å². The minimum Gasteiger partial charge on any atom is -0.488 e. The molecule has 9 nitrogen and oxygen atoms in total. The van der Waals surface area contributed by atoms with Crippen molar-refractivity contribution in [3.63, 3.8) is 0 Å². The summed E-state index contributed by atoms with van der Waals surface area (Å²) in [6.45, 7) is 5.60. The van der Waals surface area contributed by atoms with Crippen LogP contribution < -0.4 is 15.4 Å². The first-order valence-electron chi connectivity index (χ1n) is 14.1. The predicted octanol–water partition coefficient (Wildman–Crippen LogP) is 4.06.